The lowest BCUT2D eigenvalue weighted by Gasteiger charge is -2.48. The molecular formula is C35H37ClF5N5O4S. The molecule has 0 amide bonds. The predicted octanol–water partition coefficient (Wildman–Crippen LogP) is 7.37. The van der Waals surface area contributed by atoms with Gasteiger partial charge in [-0.25, -0.2) is 31.5 Å². The summed E-state index contributed by atoms with van der Waals surface area (Å²) in [5, 5.41) is -0.0218. The van der Waals surface area contributed by atoms with Crippen LogP contribution in [-0.4, -0.2) is 70.2 Å². The van der Waals surface area contributed by atoms with Crippen molar-refractivity contribution >= 4 is 33.1 Å². The number of sulfonamides is 1. The molecule has 0 aliphatic carbocycles. The summed E-state index contributed by atoms with van der Waals surface area (Å²) in [6.07, 6.45) is -0.154. The van der Waals surface area contributed by atoms with Gasteiger partial charge in [-0.15, -0.1) is 0 Å². The molecule has 3 aromatic carbocycles. The molecule has 0 radical (unpaired) electrons. The molecule has 5 rings (SSSR count). The number of rotatable bonds is 12. The molecule has 16 heteroatoms. The Labute approximate surface area is 298 Å². The van der Waals surface area contributed by atoms with Crippen molar-refractivity contribution in [3.63, 3.8) is 0 Å². The molecule has 4 aromatic rings. The van der Waals surface area contributed by atoms with Crippen LogP contribution in [0.2, 0.25) is 5.02 Å². The maximum Gasteiger partial charge on any atom is 0.416 e. The Morgan fingerprint density at radius 2 is 1.73 bits per heavy atom. The highest BCUT2D eigenvalue weighted by molar-refractivity contribution is 7.92. The van der Waals surface area contributed by atoms with E-state index in [1.165, 1.54) is 32.5 Å². The molecule has 274 valence electrons. The maximum absolute atomic E-state index is 16.1. The van der Waals surface area contributed by atoms with Crippen molar-refractivity contribution < 1.29 is 39.8 Å². The number of alkyl halides is 3. The lowest BCUT2D eigenvalue weighted by atomic mass is 9.82. The third kappa shape index (κ3) is 8.31. The second kappa shape index (κ2) is 15.2. The fourth-order valence-corrected chi connectivity index (χ4v) is 8.16. The maximum atomic E-state index is 16.1. The van der Waals surface area contributed by atoms with Crippen LogP contribution >= 0.6 is 11.6 Å². The summed E-state index contributed by atoms with van der Waals surface area (Å²) in [6, 6.07) is 11.5. The quantitative estimate of drug-likeness (QED) is 0.139. The first kappa shape index (κ1) is 38.0. The van der Waals surface area contributed by atoms with E-state index in [0.29, 0.717) is 42.7 Å². The van der Waals surface area contributed by atoms with Crippen molar-refractivity contribution in [1.29, 1.82) is 0 Å². The van der Waals surface area contributed by atoms with Crippen LogP contribution in [0.3, 0.4) is 0 Å². The molecular weight excluding hydrogens is 717 g/mol. The molecule has 1 fully saturated rings. The zero-order chi connectivity index (χ0) is 37.1. The first-order valence-electron chi connectivity index (χ1n) is 15.9. The number of aromatic nitrogens is 2. The first-order chi connectivity index (χ1) is 24.1. The Morgan fingerprint density at radius 3 is 2.33 bits per heavy atom. The van der Waals surface area contributed by atoms with Gasteiger partial charge in [-0.2, -0.15) is 13.2 Å². The van der Waals surface area contributed by atoms with Gasteiger partial charge in [0.05, 0.1) is 26.3 Å². The number of nitrogens with zero attached hydrogens (tertiary/aromatic N) is 5. The van der Waals surface area contributed by atoms with Crippen LogP contribution in [0.4, 0.5) is 33.5 Å². The van der Waals surface area contributed by atoms with Gasteiger partial charge >= 0.3 is 6.18 Å². The Morgan fingerprint density at radius 1 is 1.00 bits per heavy atom. The minimum atomic E-state index is -4.91. The average molecular weight is 754 g/mol. The van der Waals surface area contributed by atoms with E-state index in [1.807, 2.05) is 19.0 Å². The molecule has 0 bridgehead atoms. The van der Waals surface area contributed by atoms with Gasteiger partial charge < -0.3 is 19.3 Å². The lowest BCUT2D eigenvalue weighted by molar-refractivity contribution is -0.137. The second-order valence-corrected chi connectivity index (χ2v) is 14.7. The van der Waals surface area contributed by atoms with Crippen molar-refractivity contribution in [2.24, 2.45) is 0 Å². The highest BCUT2D eigenvalue weighted by Gasteiger charge is 2.39. The van der Waals surface area contributed by atoms with Crippen molar-refractivity contribution in [1.82, 2.24) is 14.9 Å². The molecule has 9 nitrogen and oxygen atoms in total. The smallest absolute Gasteiger partial charge is 0.416 e. The van der Waals surface area contributed by atoms with E-state index < -0.39 is 43.8 Å². The highest BCUT2D eigenvalue weighted by Crippen LogP contribution is 2.38. The molecule has 0 unspecified atom stereocenters. The summed E-state index contributed by atoms with van der Waals surface area (Å²) < 4.78 is 112. The summed E-state index contributed by atoms with van der Waals surface area (Å²) in [5.74, 6) is -1.99. The molecule has 1 aromatic heterocycles. The number of benzene rings is 3. The first-order valence-corrected chi connectivity index (χ1v) is 17.7. The third-order valence-electron chi connectivity index (χ3n) is 9.19. The summed E-state index contributed by atoms with van der Waals surface area (Å²) in [7, 11) is 1.64. The number of aryl methyl sites for hydroxylation is 1. The second-order valence-electron chi connectivity index (χ2n) is 12.5. The number of hydrogen-bond acceptors (Lipinski definition) is 8. The van der Waals surface area contributed by atoms with E-state index >= 15 is 8.78 Å². The third-order valence-corrected chi connectivity index (χ3v) is 11.2. The number of halogens is 6. The molecule has 1 aliphatic rings. The number of methoxy groups -OCH3 is 2. The van der Waals surface area contributed by atoms with Gasteiger partial charge in [-0.3, -0.25) is 0 Å². The van der Waals surface area contributed by atoms with Crippen LogP contribution in [-0.2, 0) is 29.2 Å². The molecule has 1 saturated heterocycles. The van der Waals surface area contributed by atoms with E-state index in [0.717, 1.165) is 34.9 Å². The fourth-order valence-electron chi connectivity index (χ4n) is 6.40. The minimum absolute atomic E-state index is 0.0218. The minimum Gasteiger partial charge on any atom is -0.497 e. The van der Waals surface area contributed by atoms with Gasteiger partial charge in [0.2, 0.25) is 0 Å². The average Bonchev–Trinajstić information content (AvgIpc) is 3.09. The lowest BCUT2D eigenvalue weighted by Crippen LogP contribution is -2.56. The van der Waals surface area contributed by atoms with E-state index in [4.69, 9.17) is 21.1 Å². The van der Waals surface area contributed by atoms with Crippen LogP contribution in [0.1, 0.15) is 36.0 Å². The SMILES string of the molecule is COc1ccc(CN(c2ccncn2)S(=O)(=O)c2c(F)cc(N3CCC[C@@](CCc4cc(Cl)cc(C(F)(F)F)c4)(N(C)C)C3)cc2F)c(OC)c1. The Balaban J connectivity index is 1.45. The topological polar surface area (TPSA) is 88.1 Å². The Hall–Kier alpha value is -4.21. The summed E-state index contributed by atoms with van der Waals surface area (Å²) >= 11 is 6.02. The summed E-state index contributed by atoms with van der Waals surface area (Å²) in [5.41, 5.74) is -0.504. The molecule has 0 spiro atoms. The zero-order valence-electron chi connectivity index (χ0n) is 28.3. The largest absolute Gasteiger partial charge is 0.497 e. The molecule has 0 N–H and O–H groups in total. The highest BCUT2D eigenvalue weighted by atomic mass is 35.5. The van der Waals surface area contributed by atoms with Crippen LogP contribution < -0.4 is 18.7 Å². The van der Waals surface area contributed by atoms with Gasteiger partial charge in [-0.1, -0.05) is 11.6 Å². The van der Waals surface area contributed by atoms with Crippen molar-refractivity contribution in [3.8, 4) is 11.5 Å². The van der Waals surface area contributed by atoms with Crippen LogP contribution in [0, 0.1) is 11.6 Å². The van der Waals surface area contributed by atoms with Gasteiger partial charge in [0.1, 0.15) is 35.3 Å². The Kier molecular flexibility index (Phi) is 11.3. The zero-order valence-corrected chi connectivity index (χ0v) is 29.9. The number of ether oxygens (including phenoxy) is 2. The van der Waals surface area contributed by atoms with Crippen molar-refractivity contribution in [2.75, 3.05) is 50.6 Å². The molecule has 51 heavy (non-hydrogen) atoms. The van der Waals surface area contributed by atoms with Crippen molar-refractivity contribution in [3.05, 3.63) is 100 Å². The summed E-state index contributed by atoms with van der Waals surface area (Å²) in [4.78, 5) is 10.5. The van der Waals surface area contributed by atoms with Gasteiger partial charge in [-0.05, 0) is 87.8 Å². The number of anilines is 2. The fraction of sp³-hybridized carbons (Fsp3) is 0.371. The standard InChI is InChI=1S/C35H37ClF5N5O4S/c1-44(2)34(11-8-23-14-25(35(39,40)41)16-26(36)15-23)10-5-13-45(21-34)27-17-29(37)33(30(38)18-27)51(47,48)46(32-9-12-42-22-43-32)20-24-6-7-28(49-3)19-31(24)50-4/h6-7,9,12,14-19,22H,5,8,10-11,13,20-21H2,1-4H3/t34-/m0/s1. The Bertz CT molecular complexity index is 1950. The number of likely N-dealkylation sites (N-methyl/N-ethyl adjacent to an activating group) is 1. The van der Waals surface area contributed by atoms with Crippen LogP contribution in [0.5, 0.6) is 11.5 Å². The van der Waals surface area contributed by atoms with Gasteiger partial charge in [0, 0.05) is 53.2 Å². The van der Waals surface area contributed by atoms with Crippen LogP contribution in [0.15, 0.2) is 72.0 Å². The monoisotopic (exact) mass is 753 g/mol. The molecule has 1 aliphatic heterocycles. The molecule has 2 heterocycles. The predicted molar refractivity (Wildman–Crippen MR) is 184 cm³/mol. The number of piperidine rings is 1. The van der Waals surface area contributed by atoms with Crippen molar-refractivity contribution in [2.45, 2.75) is 48.8 Å². The van der Waals surface area contributed by atoms with E-state index in [2.05, 4.69) is 9.97 Å². The summed E-state index contributed by atoms with van der Waals surface area (Å²) in [6.45, 7) is 0.310. The van der Waals surface area contributed by atoms with E-state index in [9.17, 15) is 21.6 Å². The van der Waals surface area contributed by atoms with E-state index in [1.54, 1.807) is 23.1 Å². The van der Waals surface area contributed by atoms with Gasteiger partial charge in [0.15, 0.2) is 4.90 Å². The number of hydrogen-bond donors (Lipinski definition) is 0. The van der Waals surface area contributed by atoms with Crippen LogP contribution in [0.25, 0.3) is 0 Å². The normalized spacial score (nSPS) is 16.7. The van der Waals surface area contributed by atoms with E-state index in [-0.39, 0.29) is 41.8 Å². The molecule has 1 atom stereocenters. The molecule has 0 saturated carbocycles. The van der Waals surface area contributed by atoms with Gasteiger partial charge in [0.25, 0.3) is 10.0 Å².